The molecule has 0 saturated carbocycles. The van der Waals surface area contributed by atoms with E-state index in [1.54, 1.807) is 0 Å². The number of amides is 1. The van der Waals surface area contributed by atoms with Crippen molar-refractivity contribution in [2.75, 3.05) is 13.2 Å². The van der Waals surface area contributed by atoms with Gasteiger partial charge in [0.25, 0.3) is 0 Å². The van der Waals surface area contributed by atoms with Crippen LogP contribution in [0.1, 0.15) is 59.6 Å². The monoisotopic (exact) mass is 437 g/mol. The number of hydrogen-bond donors (Lipinski definition) is 1. The van der Waals surface area contributed by atoms with Gasteiger partial charge in [0.15, 0.2) is 0 Å². The van der Waals surface area contributed by atoms with Crippen molar-refractivity contribution in [3.63, 3.8) is 0 Å². The molecule has 0 aromatic heterocycles. The Balaban J connectivity index is 1.32. The zero-order valence-corrected chi connectivity index (χ0v) is 19.7. The third-order valence-corrected chi connectivity index (χ3v) is 6.28. The summed E-state index contributed by atoms with van der Waals surface area (Å²) < 4.78 is 5.59. The van der Waals surface area contributed by atoms with Crippen LogP contribution >= 0.6 is 0 Å². The van der Waals surface area contributed by atoms with Crippen molar-refractivity contribution >= 4 is 6.09 Å². The first-order valence-electron chi connectivity index (χ1n) is 11.8. The predicted octanol–water partition coefficient (Wildman–Crippen LogP) is 6.40. The van der Waals surface area contributed by atoms with E-state index in [0.29, 0.717) is 19.6 Å². The van der Waals surface area contributed by atoms with Gasteiger partial charge in [-0.2, -0.15) is 0 Å². The summed E-state index contributed by atoms with van der Waals surface area (Å²) in [7, 11) is 0. The van der Waals surface area contributed by atoms with Gasteiger partial charge in [-0.25, -0.2) is 4.79 Å². The second-order valence-corrected chi connectivity index (χ2v) is 8.47. The maximum Gasteiger partial charge on any atom is 0.407 e. The van der Waals surface area contributed by atoms with Crippen LogP contribution < -0.4 is 5.32 Å². The standard InChI is InChI=1S/C30H31NO2/c1-4-22-18-21(3)19-23(5-2)24(22)12-10-11-17-31-30(32)33-20-29-27-15-8-6-13-25(27)26-14-7-9-16-28(26)29/h6-9,13-16,18-19,29H,4-5,11,17,20H2,1-3H3,(H,31,32). The van der Waals surface area contributed by atoms with E-state index in [1.165, 1.54) is 38.9 Å². The number of alkyl carbamates (subject to hydrolysis) is 1. The molecule has 33 heavy (non-hydrogen) atoms. The molecule has 1 N–H and O–H groups in total. The van der Waals surface area contributed by atoms with E-state index in [9.17, 15) is 4.79 Å². The first-order valence-corrected chi connectivity index (χ1v) is 11.8. The summed E-state index contributed by atoms with van der Waals surface area (Å²) in [6.45, 7) is 7.26. The first kappa shape index (κ1) is 22.7. The maximum atomic E-state index is 12.3. The summed E-state index contributed by atoms with van der Waals surface area (Å²) in [6, 6.07) is 21.1. The van der Waals surface area contributed by atoms with Gasteiger partial charge in [0.1, 0.15) is 6.61 Å². The van der Waals surface area contributed by atoms with Crippen LogP contribution in [-0.2, 0) is 17.6 Å². The molecule has 1 aliphatic rings. The average molecular weight is 438 g/mol. The Bertz CT molecular complexity index is 1140. The van der Waals surface area contributed by atoms with Crippen LogP contribution in [0.2, 0.25) is 0 Å². The summed E-state index contributed by atoms with van der Waals surface area (Å²) in [5.41, 5.74) is 9.91. The molecule has 1 amide bonds. The Kier molecular flexibility index (Phi) is 7.15. The predicted molar refractivity (Wildman–Crippen MR) is 135 cm³/mol. The molecular weight excluding hydrogens is 406 g/mol. The minimum atomic E-state index is -0.391. The fourth-order valence-electron chi connectivity index (χ4n) is 4.69. The van der Waals surface area contributed by atoms with E-state index in [2.05, 4.69) is 86.5 Å². The second-order valence-electron chi connectivity index (χ2n) is 8.47. The molecule has 0 spiro atoms. The highest BCUT2D eigenvalue weighted by atomic mass is 16.5. The lowest BCUT2D eigenvalue weighted by molar-refractivity contribution is 0.143. The van der Waals surface area contributed by atoms with E-state index in [4.69, 9.17) is 4.74 Å². The van der Waals surface area contributed by atoms with Gasteiger partial charge in [-0.15, -0.1) is 0 Å². The number of ether oxygens (including phenoxy) is 1. The first-order chi connectivity index (χ1) is 16.1. The fraction of sp³-hybridized carbons (Fsp3) is 0.300. The lowest BCUT2D eigenvalue weighted by Gasteiger charge is -2.14. The molecule has 0 unspecified atom stereocenters. The second kappa shape index (κ2) is 10.4. The molecule has 3 aromatic rings. The summed E-state index contributed by atoms with van der Waals surface area (Å²) in [4.78, 5) is 12.3. The molecule has 3 nitrogen and oxygen atoms in total. The Labute approximate surface area is 197 Å². The van der Waals surface area contributed by atoms with Gasteiger partial charge in [-0.1, -0.05) is 91.9 Å². The van der Waals surface area contributed by atoms with Crippen molar-refractivity contribution in [1.82, 2.24) is 5.32 Å². The number of hydrogen-bond acceptors (Lipinski definition) is 2. The van der Waals surface area contributed by atoms with Crippen molar-refractivity contribution < 1.29 is 9.53 Å². The number of carbonyl (C=O) groups excluding carboxylic acids is 1. The largest absolute Gasteiger partial charge is 0.449 e. The number of benzene rings is 3. The van der Waals surface area contributed by atoms with Crippen LogP contribution in [0.25, 0.3) is 11.1 Å². The molecule has 0 radical (unpaired) electrons. The third-order valence-electron chi connectivity index (χ3n) is 6.28. The highest BCUT2D eigenvalue weighted by Crippen LogP contribution is 2.44. The molecule has 0 bridgehead atoms. The van der Waals surface area contributed by atoms with Crippen LogP contribution in [0.4, 0.5) is 4.79 Å². The van der Waals surface area contributed by atoms with Crippen LogP contribution in [0.15, 0.2) is 60.7 Å². The van der Waals surface area contributed by atoms with Gasteiger partial charge in [0.2, 0.25) is 0 Å². The summed E-state index contributed by atoms with van der Waals surface area (Å²) in [6.07, 6.45) is 2.13. The number of rotatable bonds is 6. The van der Waals surface area contributed by atoms with Crippen molar-refractivity contribution in [2.45, 2.75) is 46.0 Å². The molecule has 3 aromatic carbocycles. The van der Waals surface area contributed by atoms with E-state index in [0.717, 1.165) is 18.4 Å². The number of fused-ring (bicyclic) bond motifs is 3. The van der Waals surface area contributed by atoms with E-state index in [-0.39, 0.29) is 5.92 Å². The van der Waals surface area contributed by atoms with Crippen molar-refractivity contribution in [1.29, 1.82) is 0 Å². The van der Waals surface area contributed by atoms with E-state index in [1.807, 2.05) is 12.1 Å². The zero-order valence-electron chi connectivity index (χ0n) is 19.7. The molecule has 3 heteroatoms. The Morgan fingerprint density at radius 2 is 1.52 bits per heavy atom. The molecule has 0 fully saturated rings. The molecule has 4 rings (SSSR count). The molecule has 0 atom stereocenters. The highest BCUT2D eigenvalue weighted by Gasteiger charge is 2.28. The van der Waals surface area contributed by atoms with Gasteiger partial charge in [0, 0.05) is 24.4 Å². The highest BCUT2D eigenvalue weighted by molar-refractivity contribution is 5.79. The zero-order chi connectivity index (χ0) is 23.2. The molecule has 0 saturated heterocycles. The van der Waals surface area contributed by atoms with Crippen LogP contribution in [-0.4, -0.2) is 19.2 Å². The quantitative estimate of drug-likeness (QED) is 0.358. The Morgan fingerprint density at radius 1 is 0.939 bits per heavy atom. The minimum Gasteiger partial charge on any atom is -0.449 e. The Hall–Kier alpha value is -3.51. The average Bonchev–Trinajstić information content (AvgIpc) is 3.16. The molecule has 0 heterocycles. The summed E-state index contributed by atoms with van der Waals surface area (Å²) in [5.74, 6) is 6.64. The van der Waals surface area contributed by atoms with Gasteiger partial charge in [0.05, 0.1) is 0 Å². The maximum absolute atomic E-state index is 12.3. The van der Waals surface area contributed by atoms with Crippen LogP contribution in [0.3, 0.4) is 0 Å². The normalized spacial score (nSPS) is 11.8. The summed E-state index contributed by atoms with van der Waals surface area (Å²) >= 11 is 0. The van der Waals surface area contributed by atoms with Crippen molar-refractivity contribution in [3.8, 4) is 23.0 Å². The molecular formula is C30H31NO2. The molecule has 1 aliphatic carbocycles. The van der Waals surface area contributed by atoms with Gasteiger partial charge >= 0.3 is 6.09 Å². The van der Waals surface area contributed by atoms with E-state index >= 15 is 0 Å². The lowest BCUT2D eigenvalue weighted by atomic mass is 9.95. The van der Waals surface area contributed by atoms with Gasteiger partial charge in [-0.05, 0) is 53.1 Å². The topological polar surface area (TPSA) is 38.3 Å². The van der Waals surface area contributed by atoms with Gasteiger partial charge < -0.3 is 10.1 Å². The number of nitrogens with one attached hydrogen (secondary N) is 1. The summed E-state index contributed by atoms with van der Waals surface area (Å²) in [5, 5.41) is 2.84. The minimum absolute atomic E-state index is 0.0735. The van der Waals surface area contributed by atoms with Crippen molar-refractivity contribution in [3.05, 3.63) is 94.0 Å². The number of carbonyl (C=O) groups is 1. The number of aryl methyl sites for hydroxylation is 3. The third kappa shape index (κ3) is 4.96. The Morgan fingerprint density at radius 3 is 2.09 bits per heavy atom. The van der Waals surface area contributed by atoms with Crippen LogP contribution in [0.5, 0.6) is 0 Å². The smallest absolute Gasteiger partial charge is 0.407 e. The fourth-order valence-corrected chi connectivity index (χ4v) is 4.69. The van der Waals surface area contributed by atoms with Crippen molar-refractivity contribution in [2.24, 2.45) is 0 Å². The SMILES string of the molecule is CCc1cc(C)cc(CC)c1C#CCCNC(=O)OCC1c2ccccc2-c2ccccc21. The van der Waals surface area contributed by atoms with Crippen LogP contribution in [0, 0.1) is 18.8 Å². The molecule has 0 aliphatic heterocycles. The van der Waals surface area contributed by atoms with Gasteiger partial charge in [-0.3, -0.25) is 0 Å². The molecule has 168 valence electrons. The lowest BCUT2D eigenvalue weighted by Crippen LogP contribution is -2.26. The van der Waals surface area contributed by atoms with E-state index < -0.39 is 6.09 Å².